The summed E-state index contributed by atoms with van der Waals surface area (Å²) in [6.45, 7) is 14.3. The first-order valence-electron chi connectivity index (χ1n) is 16.0. The Balaban J connectivity index is 1.60. The molecule has 0 aliphatic carbocycles. The topological polar surface area (TPSA) is 70.5 Å². The van der Waals surface area contributed by atoms with Crippen LogP contribution in [-0.2, 0) is 5.41 Å². The largest absolute Gasteiger partial charge is 0.493 e. The Morgan fingerprint density at radius 1 is 0.674 bits per heavy atom. The number of aryl methyl sites for hydroxylation is 1. The third-order valence-corrected chi connectivity index (χ3v) is 7.93. The van der Waals surface area contributed by atoms with Crippen LogP contribution in [0.25, 0.3) is 45.1 Å². The fraction of sp³-hybridized carbons (Fsp3) is 0.459. The monoisotopic (exact) mass is 582 g/mol. The van der Waals surface area contributed by atoms with Gasteiger partial charge in [0.15, 0.2) is 11.2 Å². The van der Waals surface area contributed by atoms with Crippen molar-refractivity contribution in [1.82, 2.24) is 9.97 Å². The van der Waals surface area contributed by atoms with Crippen LogP contribution in [-0.4, -0.2) is 23.2 Å². The standard InChI is InChI=1S/C37H46N2O4/c1-7-9-11-13-20-40-32-24-28(36-39-34-25(3)16-15-17-31(34)43-36)33(41-21-14-12-10-8-2)23-27(32)35-38-29-22-26(37(4,5)6)18-19-30(29)42-35/h15-19,22-24H,7-14,20-21H2,1-6H3. The van der Waals surface area contributed by atoms with E-state index < -0.39 is 0 Å². The van der Waals surface area contributed by atoms with Crippen LogP contribution in [0.15, 0.2) is 57.4 Å². The van der Waals surface area contributed by atoms with Gasteiger partial charge < -0.3 is 18.3 Å². The minimum Gasteiger partial charge on any atom is -0.493 e. The highest BCUT2D eigenvalue weighted by atomic mass is 16.5. The summed E-state index contributed by atoms with van der Waals surface area (Å²) in [7, 11) is 0. The van der Waals surface area contributed by atoms with Gasteiger partial charge in [0.25, 0.3) is 0 Å². The molecule has 5 rings (SSSR count). The molecular weight excluding hydrogens is 536 g/mol. The Labute approximate surface area is 255 Å². The average Bonchev–Trinajstić information content (AvgIpc) is 3.61. The second-order valence-corrected chi connectivity index (χ2v) is 12.6. The van der Waals surface area contributed by atoms with Crippen molar-refractivity contribution >= 4 is 22.2 Å². The van der Waals surface area contributed by atoms with Crippen molar-refractivity contribution in [3.05, 3.63) is 59.7 Å². The number of oxazole rings is 2. The van der Waals surface area contributed by atoms with Crippen LogP contribution in [0.4, 0.5) is 0 Å². The first kappa shape index (κ1) is 30.7. The molecule has 0 N–H and O–H groups in total. The van der Waals surface area contributed by atoms with E-state index >= 15 is 0 Å². The molecule has 0 amide bonds. The Kier molecular flexibility index (Phi) is 9.74. The fourth-order valence-corrected chi connectivity index (χ4v) is 5.27. The predicted molar refractivity (Wildman–Crippen MR) is 175 cm³/mol. The van der Waals surface area contributed by atoms with E-state index in [9.17, 15) is 0 Å². The van der Waals surface area contributed by atoms with Gasteiger partial charge in [-0.1, -0.05) is 91.3 Å². The lowest BCUT2D eigenvalue weighted by Gasteiger charge is -2.18. The third-order valence-electron chi connectivity index (χ3n) is 7.93. The molecule has 6 heteroatoms. The molecule has 5 aromatic rings. The molecule has 3 aromatic carbocycles. The lowest BCUT2D eigenvalue weighted by molar-refractivity contribution is 0.297. The number of hydrogen-bond donors (Lipinski definition) is 0. The molecule has 43 heavy (non-hydrogen) atoms. The summed E-state index contributed by atoms with van der Waals surface area (Å²) in [5.41, 5.74) is 7.01. The summed E-state index contributed by atoms with van der Waals surface area (Å²) in [4.78, 5) is 9.84. The van der Waals surface area contributed by atoms with E-state index in [4.69, 9.17) is 28.3 Å². The molecule has 2 aromatic heterocycles. The number of rotatable bonds is 14. The van der Waals surface area contributed by atoms with Gasteiger partial charge in [-0.15, -0.1) is 0 Å². The molecule has 0 bridgehead atoms. The first-order chi connectivity index (χ1) is 20.8. The van der Waals surface area contributed by atoms with Gasteiger partial charge in [-0.05, 0) is 66.6 Å². The van der Waals surface area contributed by atoms with E-state index in [1.807, 2.05) is 43.3 Å². The van der Waals surface area contributed by atoms with Gasteiger partial charge in [-0.25, -0.2) is 9.97 Å². The number of fused-ring (bicyclic) bond motifs is 2. The van der Waals surface area contributed by atoms with Crippen molar-refractivity contribution in [1.29, 1.82) is 0 Å². The lowest BCUT2D eigenvalue weighted by atomic mass is 9.87. The number of para-hydroxylation sites is 1. The Morgan fingerprint density at radius 2 is 1.28 bits per heavy atom. The Morgan fingerprint density at radius 3 is 1.86 bits per heavy atom. The van der Waals surface area contributed by atoms with Crippen molar-refractivity contribution in [3.63, 3.8) is 0 Å². The highest BCUT2D eigenvalue weighted by Crippen LogP contribution is 2.42. The molecule has 0 aliphatic heterocycles. The quantitative estimate of drug-likeness (QED) is 0.121. The molecule has 0 saturated carbocycles. The van der Waals surface area contributed by atoms with Crippen molar-refractivity contribution in [3.8, 4) is 34.4 Å². The summed E-state index contributed by atoms with van der Waals surface area (Å²) >= 11 is 0. The minimum absolute atomic E-state index is 0.0123. The SMILES string of the molecule is CCCCCCOc1cc(-c2nc3c(C)cccc3o2)c(OCCCCCC)cc1-c1nc2cc(C(C)(C)C)ccc2o1. The van der Waals surface area contributed by atoms with Gasteiger partial charge in [0.2, 0.25) is 11.8 Å². The molecular formula is C37H46N2O4. The van der Waals surface area contributed by atoms with Gasteiger partial charge >= 0.3 is 0 Å². The van der Waals surface area contributed by atoms with Crippen LogP contribution in [0.5, 0.6) is 11.5 Å². The van der Waals surface area contributed by atoms with E-state index in [1.165, 1.54) is 31.2 Å². The molecule has 2 heterocycles. The van der Waals surface area contributed by atoms with Crippen LogP contribution < -0.4 is 9.47 Å². The molecule has 0 atom stereocenters. The smallest absolute Gasteiger partial charge is 0.231 e. The van der Waals surface area contributed by atoms with E-state index in [0.29, 0.717) is 36.5 Å². The molecule has 0 aliphatic rings. The summed E-state index contributed by atoms with van der Waals surface area (Å²) in [6.07, 6.45) is 8.94. The normalized spacial score (nSPS) is 12.0. The van der Waals surface area contributed by atoms with Crippen LogP contribution in [0.2, 0.25) is 0 Å². The van der Waals surface area contributed by atoms with E-state index in [-0.39, 0.29) is 5.41 Å². The first-order valence-corrected chi connectivity index (χ1v) is 16.0. The number of aromatic nitrogens is 2. The zero-order chi connectivity index (χ0) is 30.4. The van der Waals surface area contributed by atoms with Crippen LogP contribution in [0, 0.1) is 6.92 Å². The molecule has 0 saturated heterocycles. The number of benzene rings is 3. The fourth-order valence-electron chi connectivity index (χ4n) is 5.27. The maximum absolute atomic E-state index is 6.46. The molecule has 0 fully saturated rings. The maximum Gasteiger partial charge on any atom is 0.231 e. The number of nitrogens with zero attached hydrogens (tertiary/aromatic N) is 2. The molecule has 6 nitrogen and oxygen atoms in total. The molecule has 0 radical (unpaired) electrons. The second kappa shape index (κ2) is 13.7. The third kappa shape index (κ3) is 7.23. The average molecular weight is 583 g/mol. The lowest BCUT2D eigenvalue weighted by Crippen LogP contribution is -2.10. The second-order valence-electron chi connectivity index (χ2n) is 12.6. The summed E-state index contributed by atoms with van der Waals surface area (Å²) in [6, 6.07) is 16.2. The van der Waals surface area contributed by atoms with Gasteiger partial charge in [0, 0.05) is 0 Å². The summed E-state index contributed by atoms with van der Waals surface area (Å²) in [5.74, 6) is 2.40. The van der Waals surface area contributed by atoms with Gasteiger partial charge in [0.05, 0.1) is 24.3 Å². The van der Waals surface area contributed by atoms with Gasteiger partial charge in [0.1, 0.15) is 22.5 Å². The zero-order valence-electron chi connectivity index (χ0n) is 26.7. The highest BCUT2D eigenvalue weighted by molar-refractivity contribution is 5.84. The summed E-state index contributed by atoms with van der Waals surface area (Å²) < 4.78 is 25.5. The van der Waals surface area contributed by atoms with Crippen molar-refractivity contribution in [2.45, 2.75) is 98.3 Å². The molecule has 0 spiro atoms. The van der Waals surface area contributed by atoms with Crippen LogP contribution in [0.1, 0.15) is 97.1 Å². The predicted octanol–water partition coefficient (Wildman–Crippen LogP) is 10.8. The number of unbranched alkanes of at least 4 members (excludes halogenated alkanes) is 6. The van der Waals surface area contributed by atoms with E-state index in [1.54, 1.807) is 0 Å². The van der Waals surface area contributed by atoms with Gasteiger partial charge in [-0.3, -0.25) is 0 Å². The van der Waals surface area contributed by atoms with Crippen molar-refractivity contribution < 1.29 is 18.3 Å². The Bertz CT molecular complexity index is 1660. The highest BCUT2D eigenvalue weighted by Gasteiger charge is 2.23. The molecule has 228 valence electrons. The van der Waals surface area contributed by atoms with E-state index in [2.05, 4.69) is 46.8 Å². The maximum atomic E-state index is 6.46. The molecule has 0 unspecified atom stereocenters. The van der Waals surface area contributed by atoms with Gasteiger partial charge in [-0.2, -0.15) is 0 Å². The van der Waals surface area contributed by atoms with Crippen LogP contribution >= 0.6 is 0 Å². The number of hydrogen-bond acceptors (Lipinski definition) is 6. The number of ether oxygens (including phenoxy) is 2. The Hall–Kier alpha value is -3.80. The van der Waals surface area contributed by atoms with Crippen LogP contribution in [0.3, 0.4) is 0 Å². The zero-order valence-corrected chi connectivity index (χ0v) is 26.7. The van der Waals surface area contributed by atoms with E-state index in [0.717, 1.165) is 64.6 Å². The summed E-state index contributed by atoms with van der Waals surface area (Å²) in [5, 5.41) is 0. The van der Waals surface area contributed by atoms with Crippen molar-refractivity contribution in [2.75, 3.05) is 13.2 Å². The minimum atomic E-state index is 0.0123. The van der Waals surface area contributed by atoms with Crippen molar-refractivity contribution in [2.24, 2.45) is 0 Å².